The second kappa shape index (κ2) is 8.15. The molecule has 3 rings (SSSR count). The Labute approximate surface area is 145 Å². The fraction of sp³-hybridized carbons (Fsp3) is 0.389. The first-order valence-electron chi connectivity index (χ1n) is 8.14. The van der Waals surface area contributed by atoms with Gasteiger partial charge in [-0.05, 0) is 36.2 Å². The third-order valence-electron chi connectivity index (χ3n) is 4.06. The molecule has 0 spiro atoms. The van der Waals surface area contributed by atoms with Gasteiger partial charge in [0.15, 0.2) is 5.76 Å². The molecule has 1 saturated heterocycles. The average Bonchev–Trinajstić information content (AvgIpc) is 3.13. The van der Waals surface area contributed by atoms with Crippen molar-refractivity contribution in [3.63, 3.8) is 0 Å². The monoisotopic (exact) mass is 347 g/mol. The summed E-state index contributed by atoms with van der Waals surface area (Å²) in [4.78, 5) is 12.3. The molecule has 2 heterocycles. The number of amides is 1. The van der Waals surface area contributed by atoms with E-state index in [1.165, 1.54) is 6.07 Å². The number of hydrogen-bond donors (Lipinski definition) is 3. The van der Waals surface area contributed by atoms with Gasteiger partial charge in [-0.15, -0.1) is 0 Å². The Morgan fingerprint density at radius 2 is 1.96 bits per heavy atom. The van der Waals surface area contributed by atoms with Gasteiger partial charge in [-0.3, -0.25) is 4.79 Å². The highest BCUT2D eigenvalue weighted by Gasteiger charge is 2.30. The van der Waals surface area contributed by atoms with Crippen molar-refractivity contribution in [3.05, 3.63) is 53.5 Å². The minimum Gasteiger partial charge on any atom is -0.486 e. The van der Waals surface area contributed by atoms with Crippen LogP contribution in [0.4, 0.5) is 0 Å². The molecule has 3 N–H and O–H groups in total. The summed E-state index contributed by atoms with van der Waals surface area (Å²) in [5.41, 5.74) is 0.801. The number of benzene rings is 1. The van der Waals surface area contributed by atoms with Crippen LogP contribution < -0.4 is 10.1 Å². The number of carbonyl (C=O) groups is 1. The molecule has 0 aliphatic carbocycles. The Bertz CT molecular complexity index is 696. The van der Waals surface area contributed by atoms with Gasteiger partial charge < -0.3 is 29.4 Å². The van der Waals surface area contributed by atoms with E-state index >= 15 is 0 Å². The third-order valence-corrected chi connectivity index (χ3v) is 4.06. The van der Waals surface area contributed by atoms with Crippen LogP contribution in [0, 0.1) is 0 Å². The minimum absolute atomic E-state index is 0.0233. The van der Waals surface area contributed by atoms with Crippen LogP contribution in [0.15, 0.2) is 40.8 Å². The van der Waals surface area contributed by atoms with E-state index in [-0.39, 0.29) is 37.0 Å². The van der Waals surface area contributed by atoms with E-state index in [1.54, 1.807) is 30.3 Å². The standard InChI is InChI=1S/C18H21NO6/c20-9-12-1-3-13(4-2-12)24-17-11-23-8-7-15(17)19-18(22)16-6-5-14(10-21)25-16/h1-6,15,17,20-21H,7-11H2,(H,19,22)/t15-,17-/m1/s1. The first-order valence-corrected chi connectivity index (χ1v) is 8.14. The molecular formula is C18H21NO6. The molecule has 1 aromatic carbocycles. The van der Waals surface area contributed by atoms with Gasteiger partial charge in [0.2, 0.25) is 0 Å². The summed E-state index contributed by atoms with van der Waals surface area (Å²) in [6, 6.07) is 10.00. The third kappa shape index (κ3) is 4.39. The van der Waals surface area contributed by atoms with E-state index in [1.807, 2.05) is 0 Å². The molecule has 1 fully saturated rings. The lowest BCUT2D eigenvalue weighted by atomic mass is 10.1. The summed E-state index contributed by atoms with van der Waals surface area (Å²) < 4.78 is 16.7. The van der Waals surface area contributed by atoms with Crippen LogP contribution in [-0.4, -0.2) is 41.5 Å². The number of furan rings is 1. The van der Waals surface area contributed by atoms with E-state index in [2.05, 4.69) is 5.32 Å². The van der Waals surface area contributed by atoms with Gasteiger partial charge in [0, 0.05) is 6.61 Å². The van der Waals surface area contributed by atoms with E-state index in [9.17, 15) is 4.79 Å². The van der Waals surface area contributed by atoms with Crippen molar-refractivity contribution in [1.29, 1.82) is 0 Å². The summed E-state index contributed by atoms with van der Waals surface area (Å²) in [5.74, 6) is 0.791. The number of rotatable bonds is 6. The number of aliphatic hydroxyl groups excluding tert-OH is 2. The Kier molecular flexibility index (Phi) is 5.70. The number of aliphatic hydroxyl groups is 2. The van der Waals surface area contributed by atoms with Crippen molar-refractivity contribution in [3.8, 4) is 5.75 Å². The van der Waals surface area contributed by atoms with Gasteiger partial charge in [0.05, 0.1) is 19.3 Å². The zero-order chi connectivity index (χ0) is 17.6. The lowest BCUT2D eigenvalue weighted by Gasteiger charge is -2.32. The summed E-state index contributed by atoms with van der Waals surface area (Å²) in [6.07, 6.45) is 0.295. The van der Waals surface area contributed by atoms with E-state index in [0.29, 0.717) is 31.1 Å². The molecule has 1 aromatic heterocycles. The quantitative estimate of drug-likeness (QED) is 0.727. The minimum atomic E-state index is -0.351. The predicted molar refractivity (Wildman–Crippen MR) is 88.1 cm³/mol. The lowest BCUT2D eigenvalue weighted by Crippen LogP contribution is -2.51. The second-order valence-corrected chi connectivity index (χ2v) is 5.83. The van der Waals surface area contributed by atoms with E-state index < -0.39 is 0 Å². The Balaban J connectivity index is 1.64. The molecule has 1 amide bonds. The van der Waals surface area contributed by atoms with Crippen molar-refractivity contribution < 1.29 is 28.9 Å². The normalized spacial score (nSPS) is 20.2. The topological polar surface area (TPSA) is 101 Å². The van der Waals surface area contributed by atoms with Gasteiger partial charge in [-0.25, -0.2) is 0 Å². The van der Waals surface area contributed by atoms with Gasteiger partial charge in [0.25, 0.3) is 5.91 Å². The maximum absolute atomic E-state index is 12.3. The molecule has 2 aromatic rings. The molecule has 0 saturated carbocycles. The van der Waals surface area contributed by atoms with Crippen molar-refractivity contribution in [2.75, 3.05) is 13.2 Å². The number of hydrogen-bond acceptors (Lipinski definition) is 6. The lowest BCUT2D eigenvalue weighted by molar-refractivity contribution is -0.0137. The maximum atomic E-state index is 12.3. The second-order valence-electron chi connectivity index (χ2n) is 5.83. The van der Waals surface area contributed by atoms with Crippen LogP contribution in [-0.2, 0) is 18.0 Å². The molecule has 7 nitrogen and oxygen atoms in total. The molecule has 1 aliphatic rings. The highest BCUT2D eigenvalue weighted by molar-refractivity contribution is 5.91. The molecular weight excluding hydrogens is 326 g/mol. The molecule has 0 radical (unpaired) electrons. The van der Waals surface area contributed by atoms with E-state index in [4.69, 9.17) is 24.1 Å². The molecule has 1 aliphatic heterocycles. The van der Waals surface area contributed by atoms with Crippen molar-refractivity contribution in [1.82, 2.24) is 5.32 Å². The predicted octanol–water partition coefficient (Wildman–Crippen LogP) is 1.23. The van der Waals surface area contributed by atoms with Crippen LogP contribution in [0.25, 0.3) is 0 Å². The first kappa shape index (κ1) is 17.5. The average molecular weight is 347 g/mol. The summed E-state index contributed by atoms with van der Waals surface area (Å²) in [7, 11) is 0. The zero-order valence-electron chi connectivity index (χ0n) is 13.7. The van der Waals surface area contributed by atoms with Crippen LogP contribution in [0.3, 0.4) is 0 Å². The maximum Gasteiger partial charge on any atom is 0.287 e. The fourth-order valence-corrected chi connectivity index (χ4v) is 2.67. The number of nitrogens with one attached hydrogen (secondary N) is 1. The smallest absolute Gasteiger partial charge is 0.287 e. The molecule has 0 unspecified atom stereocenters. The Morgan fingerprint density at radius 1 is 1.16 bits per heavy atom. The molecule has 134 valence electrons. The first-order chi connectivity index (χ1) is 12.2. The molecule has 2 atom stereocenters. The number of carbonyl (C=O) groups excluding carboxylic acids is 1. The summed E-state index contributed by atoms with van der Waals surface area (Å²) >= 11 is 0. The van der Waals surface area contributed by atoms with Gasteiger partial charge >= 0.3 is 0 Å². The zero-order valence-corrected chi connectivity index (χ0v) is 13.7. The highest BCUT2D eigenvalue weighted by atomic mass is 16.5. The Hall–Kier alpha value is -2.35. The fourth-order valence-electron chi connectivity index (χ4n) is 2.67. The molecule has 0 bridgehead atoms. The van der Waals surface area contributed by atoms with Gasteiger partial charge in [-0.1, -0.05) is 12.1 Å². The van der Waals surface area contributed by atoms with Crippen molar-refractivity contribution >= 4 is 5.91 Å². The highest BCUT2D eigenvalue weighted by Crippen LogP contribution is 2.19. The van der Waals surface area contributed by atoms with Crippen LogP contribution >= 0.6 is 0 Å². The van der Waals surface area contributed by atoms with Crippen molar-refractivity contribution in [2.45, 2.75) is 31.8 Å². The van der Waals surface area contributed by atoms with Gasteiger partial charge in [-0.2, -0.15) is 0 Å². The SMILES string of the molecule is O=C(N[C@@H]1CCOC[C@H]1Oc1ccc(CO)cc1)c1ccc(CO)o1. The van der Waals surface area contributed by atoms with Crippen molar-refractivity contribution in [2.24, 2.45) is 0 Å². The number of ether oxygens (including phenoxy) is 2. The van der Waals surface area contributed by atoms with Crippen LogP contribution in [0.5, 0.6) is 5.75 Å². The van der Waals surface area contributed by atoms with E-state index in [0.717, 1.165) is 5.56 Å². The summed E-state index contributed by atoms with van der Waals surface area (Å²) in [5, 5.41) is 21.0. The molecule has 7 heteroatoms. The largest absolute Gasteiger partial charge is 0.486 e. The summed E-state index contributed by atoms with van der Waals surface area (Å²) in [6.45, 7) is 0.631. The molecule has 25 heavy (non-hydrogen) atoms. The Morgan fingerprint density at radius 3 is 2.64 bits per heavy atom. The van der Waals surface area contributed by atoms with Crippen LogP contribution in [0.2, 0.25) is 0 Å². The van der Waals surface area contributed by atoms with Crippen LogP contribution in [0.1, 0.15) is 28.3 Å². The van der Waals surface area contributed by atoms with Gasteiger partial charge in [0.1, 0.15) is 24.2 Å².